The second kappa shape index (κ2) is 8.75. The molecule has 2 aromatic rings. The minimum absolute atomic E-state index is 0.0967. The van der Waals surface area contributed by atoms with Gasteiger partial charge in [0.05, 0.1) is 17.1 Å². The number of ether oxygens (including phenoxy) is 1. The first-order valence-electron chi connectivity index (χ1n) is 11.6. The number of rotatable bonds is 7. The minimum atomic E-state index is -2.57. The third kappa shape index (κ3) is 4.11. The first kappa shape index (κ1) is 16.7. The van der Waals surface area contributed by atoms with Crippen molar-refractivity contribution >= 4 is 23.4 Å². The third-order valence-corrected chi connectivity index (χ3v) is 5.92. The Bertz CT molecular complexity index is 1020. The summed E-state index contributed by atoms with van der Waals surface area (Å²) in [6.07, 6.45) is 1.26. The van der Waals surface area contributed by atoms with Gasteiger partial charge in [-0.2, -0.15) is 0 Å². The lowest BCUT2D eigenvalue weighted by molar-refractivity contribution is -0.143. The molecule has 2 atom stereocenters. The SMILES string of the molecule is [3H]C([3H])([3H])Oc1cccc(N2CCN(c3cccc(C[C@H](C(=O)O)[C@H]4CCNC4)c3)C2=O)c1. The van der Waals surface area contributed by atoms with Crippen molar-refractivity contribution in [3.8, 4) is 5.75 Å². The number of nitrogens with zero attached hydrogens (tertiary/aromatic N) is 2. The van der Waals surface area contributed by atoms with Crippen molar-refractivity contribution in [3.05, 3.63) is 54.1 Å². The Kier molecular flexibility index (Phi) is 4.87. The Labute approximate surface area is 180 Å². The van der Waals surface area contributed by atoms with Gasteiger partial charge in [0.2, 0.25) is 0 Å². The fourth-order valence-corrected chi connectivity index (χ4v) is 4.31. The molecule has 2 aromatic carbocycles. The van der Waals surface area contributed by atoms with Crippen molar-refractivity contribution in [1.82, 2.24) is 5.32 Å². The maximum Gasteiger partial charge on any atom is 0.329 e. The molecule has 2 saturated heterocycles. The molecule has 0 spiro atoms. The molecule has 0 bridgehead atoms. The zero-order valence-corrected chi connectivity index (χ0v) is 16.6. The first-order valence-corrected chi connectivity index (χ1v) is 10.1. The number of carboxylic acids is 1. The van der Waals surface area contributed by atoms with E-state index in [1.807, 2.05) is 24.3 Å². The van der Waals surface area contributed by atoms with Crippen LogP contribution in [0.4, 0.5) is 16.2 Å². The average molecular weight is 416 g/mol. The molecule has 0 aromatic heterocycles. The van der Waals surface area contributed by atoms with Gasteiger partial charge in [-0.05, 0) is 61.7 Å². The monoisotopic (exact) mass is 415 g/mol. The molecule has 2 aliphatic heterocycles. The van der Waals surface area contributed by atoms with Gasteiger partial charge in [-0.25, -0.2) is 4.79 Å². The molecular weight excluding hydrogens is 382 g/mol. The number of benzene rings is 2. The van der Waals surface area contributed by atoms with E-state index in [0.29, 0.717) is 37.4 Å². The number of anilines is 2. The number of hydrogen-bond donors (Lipinski definition) is 2. The van der Waals surface area contributed by atoms with E-state index in [2.05, 4.69) is 5.32 Å². The molecule has 2 fully saturated rings. The molecule has 0 unspecified atom stereocenters. The van der Waals surface area contributed by atoms with E-state index < -0.39 is 18.9 Å². The fourth-order valence-electron chi connectivity index (χ4n) is 4.31. The van der Waals surface area contributed by atoms with Gasteiger partial charge >= 0.3 is 12.0 Å². The molecule has 158 valence electrons. The van der Waals surface area contributed by atoms with E-state index in [4.69, 9.17) is 8.85 Å². The number of carbonyl (C=O) groups excluding carboxylic acids is 1. The molecule has 0 saturated carbocycles. The average Bonchev–Trinajstić information content (AvgIpc) is 3.41. The van der Waals surface area contributed by atoms with Crippen LogP contribution in [0.15, 0.2) is 48.5 Å². The van der Waals surface area contributed by atoms with Crippen LogP contribution in [0.2, 0.25) is 0 Å². The predicted molar refractivity (Wildman–Crippen MR) is 115 cm³/mol. The van der Waals surface area contributed by atoms with Gasteiger partial charge in [0.15, 0.2) is 0 Å². The quantitative estimate of drug-likeness (QED) is 0.727. The fraction of sp³-hybridized carbons (Fsp3) is 0.391. The third-order valence-electron chi connectivity index (χ3n) is 5.92. The molecule has 2 N–H and O–H groups in total. The number of nitrogens with one attached hydrogen (secondary N) is 1. The van der Waals surface area contributed by atoms with E-state index in [1.54, 1.807) is 21.9 Å². The molecule has 0 radical (unpaired) electrons. The molecule has 4 rings (SSSR count). The van der Waals surface area contributed by atoms with Crippen LogP contribution >= 0.6 is 0 Å². The minimum Gasteiger partial charge on any atom is -0.497 e. The summed E-state index contributed by atoms with van der Waals surface area (Å²) in [7, 11) is -2.57. The van der Waals surface area contributed by atoms with Crippen LogP contribution in [-0.4, -0.2) is 50.3 Å². The van der Waals surface area contributed by atoms with Crippen LogP contribution in [0, 0.1) is 11.8 Å². The number of carboxylic acid groups (broad SMARTS) is 1. The number of urea groups is 1. The van der Waals surface area contributed by atoms with Crippen LogP contribution in [0.3, 0.4) is 0 Å². The van der Waals surface area contributed by atoms with Gasteiger partial charge in [-0.1, -0.05) is 18.2 Å². The van der Waals surface area contributed by atoms with Gasteiger partial charge in [0, 0.05) is 30.5 Å². The Balaban J connectivity index is 1.49. The van der Waals surface area contributed by atoms with Gasteiger partial charge in [0.1, 0.15) is 5.75 Å². The topological polar surface area (TPSA) is 82.1 Å². The van der Waals surface area contributed by atoms with Crippen LogP contribution in [0.1, 0.15) is 16.1 Å². The highest BCUT2D eigenvalue weighted by Crippen LogP contribution is 2.29. The number of aliphatic carboxylic acids is 1. The van der Waals surface area contributed by atoms with Crippen LogP contribution < -0.4 is 19.9 Å². The van der Waals surface area contributed by atoms with Crippen LogP contribution in [-0.2, 0) is 11.2 Å². The van der Waals surface area contributed by atoms with E-state index >= 15 is 0 Å². The van der Waals surface area contributed by atoms with Crippen molar-refractivity contribution in [3.63, 3.8) is 0 Å². The van der Waals surface area contributed by atoms with Crippen molar-refractivity contribution < 1.29 is 23.5 Å². The predicted octanol–water partition coefficient (Wildman–Crippen LogP) is 2.99. The highest BCUT2D eigenvalue weighted by Gasteiger charge is 2.32. The Morgan fingerprint density at radius 3 is 2.63 bits per heavy atom. The summed E-state index contributed by atoms with van der Waals surface area (Å²) in [5, 5.41) is 13.0. The lowest BCUT2D eigenvalue weighted by Crippen LogP contribution is -2.32. The smallest absolute Gasteiger partial charge is 0.329 e. The summed E-state index contributed by atoms with van der Waals surface area (Å²) in [5.74, 6) is -1.00. The number of carbonyl (C=O) groups is 2. The number of hydrogen-bond acceptors (Lipinski definition) is 4. The summed E-state index contributed by atoms with van der Waals surface area (Å²) in [4.78, 5) is 28.2. The van der Waals surface area contributed by atoms with Gasteiger partial charge in [0.25, 0.3) is 0 Å². The van der Waals surface area contributed by atoms with Crippen LogP contribution in [0.5, 0.6) is 5.75 Å². The summed E-state index contributed by atoms with van der Waals surface area (Å²) in [6, 6.07) is 13.7. The van der Waals surface area contributed by atoms with E-state index in [9.17, 15) is 14.7 Å². The standard InChI is InChI=1S/C23H27N3O4/c1-30-20-7-3-6-19(14-20)26-11-10-25(23(26)29)18-5-2-4-16(12-18)13-21(22(27)28)17-8-9-24-15-17/h2-7,12,14,17,21,24H,8-11,13,15H2,1H3,(H,27,28)/t17-,21-/m0/s1/i1T3. The number of amides is 2. The molecule has 7 nitrogen and oxygen atoms in total. The molecule has 30 heavy (non-hydrogen) atoms. The second-order valence-electron chi connectivity index (χ2n) is 7.76. The largest absolute Gasteiger partial charge is 0.497 e. The van der Waals surface area contributed by atoms with Gasteiger partial charge in [-0.15, -0.1) is 0 Å². The Hall–Kier alpha value is -3.06. The summed E-state index contributed by atoms with van der Waals surface area (Å²) >= 11 is 0. The molecule has 7 heteroatoms. The molecule has 2 heterocycles. The summed E-state index contributed by atoms with van der Waals surface area (Å²) in [5.41, 5.74) is 2.15. The Morgan fingerprint density at radius 2 is 1.97 bits per heavy atom. The maximum atomic E-state index is 13.2. The van der Waals surface area contributed by atoms with E-state index in [-0.39, 0.29) is 17.7 Å². The van der Waals surface area contributed by atoms with Crippen molar-refractivity contribution in [2.45, 2.75) is 12.8 Å². The molecule has 2 amide bonds. The number of methoxy groups -OCH3 is 1. The lowest BCUT2D eigenvalue weighted by atomic mass is 9.86. The normalized spacial score (nSPS) is 21.8. The van der Waals surface area contributed by atoms with Gasteiger partial charge < -0.3 is 15.2 Å². The second-order valence-corrected chi connectivity index (χ2v) is 7.76. The highest BCUT2D eigenvalue weighted by molar-refractivity contribution is 6.06. The molecule has 2 aliphatic rings. The van der Waals surface area contributed by atoms with Crippen molar-refractivity contribution in [1.29, 1.82) is 0 Å². The lowest BCUT2D eigenvalue weighted by Gasteiger charge is -2.21. The zero-order valence-electron chi connectivity index (χ0n) is 19.6. The van der Waals surface area contributed by atoms with Gasteiger partial charge in [-0.3, -0.25) is 14.6 Å². The highest BCUT2D eigenvalue weighted by atomic mass is 16.5. The van der Waals surface area contributed by atoms with E-state index in [0.717, 1.165) is 18.5 Å². The van der Waals surface area contributed by atoms with Crippen molar-refractivity contribution in [2.75, 3.05) is 43.0 Å². The van der Waals surface area contributed by atoms with Crippen molar-refractivity contribution in [2.24, 2.45) is 11.8 Å². The molecule has 0 aliphatic carbocycles. The Morgan fingerprint density at radius 1 is 1.23 bits per heavy atom. The van der Waals surface area contributed by atoms with Crippen LogP contribution in [0.25, 0.3) is 0 Å². The van der Waals surface area contributed by atoms with E-state index in [1.165, 1.54) is 12.1 Å². The zero-order chi connectivity index (χ0) is 23.6. The summed E-state index contributed by atoms with van der Waals surface area (Å²) < 4.78 is 26.8. The first-order chi connectivity index (χ1) is 15.7. The summed E-state index contributed by atoms with van der Waals surface area (Å²) in [6.45, 7) is 2.44. The molecular formula is C23H27N3O4. The maximum absolute atomic E-state index is 13.2.